The van der Waals surface area contributed by atoms with Gasteiger partial charge in [-0.05, 0) is 55.9 Å². The first-order chi connectivity index (χ1) is 10.7. The number of hydrogen-bond acceptors (Lipinski definition) is 2. The summed E-state index contributed by atoms with van der Waals surface area (Å²) >= 11 is 0. The Hall–Kier alpha value is -2.10. The molecule has 1 aromatic rings. The quantitative estimate of drug-likeness (QED) is 0.640. The van der Waals surface area contributed by atoms with Gasteiger partial charge in [0, 0.05) is 12.6 Å². The second kappa shape index (κ2) is 8.37. The number of hydrogen-bond donors (Lipinski definition) is 1. The van der Waals surface area contributed by atoms with E-state index in [-0.39, 0.29) is 11.7 Å². The summed E-state index contributed by atoms with van der Waals surface area (Å²) in [5.74, 6) is -0.399. The molecule has 0 aromatic heterocycles. The summed E-state index contributed by atoms with van der Waals surface area (Å²) < 4.78 is 18.4. The monoisotopic (exact) mass is 303 g/mol. The molecule has 2 rings (SSSR count). The van der Waals surface area contributed by atoms with E-state index in [9.17, 15) is 9.18 Å². The SMILES string of the molecule is COc1ccc(/C=C/C(=O)NCCC2=CCCCC2)cc1F. The Balaban J connectivity index is 1.78. The zero-order valence-electron chi connectivity index (χ0n) is 12.9. The zero-order chi connectivity index (χ0) is 15.8. The summed E-state index contributed by atoms with van der Waals surface area (Å²) in [4.78, 5) is 11.7. The van der Waals surface area contributed by atoms with Crippen LogP contribution in [0.15, 0.2) is 35.9 Å². The average molecular weight is 303 g/mol. The summed E-state index contributed by atoms with van der Waals surface area (Å²) in [6, 6.07) is 4.59. The van der Waals surface area contributed by atoms with E-state index in [1.807, 2.05) is 0 Å². The number of benzene rings is 1. The van der Waals surface area contributed by atoms with Crippen molar-refractivity contribution >= 4 is 12.0 Å². The first kappa shape index (κ1) is 16.3. The number of rotatable bonds is 6. The van der Waals surface area contributed by atoms with E-state index in [4.69, 9.17) is 4.74 Å². The van der Waals surface area contributed by atoms with Crippen LogP contribution in [0.1, 0.15) is 37.7 Å². The van der Waals surface area contributed by atoms with Gasteiger partial charge in [0.05, 0.1) is 7.11 Å². The van der Waals surface area contributed by atoms with E-state index in [1.54, 1.807) is 18.2 Å². The number of carbonyl (C=O) groups excluding carboxylic acids is 1. The van der Waals surface area contributed by atoms with E-state index in [2.05, 4.69) is 11.4 Å². The third kappa shape index (κ3) is 5.02. The van der Waals surface area contributed by atoms with Crippen molar-refractivity contribution in [1.82, 2.24) is 5.32 Å². The smallest absolute Gasteiger partial charge is 0.244 e. The fraction of sp³-hybridized carbons (Fsp3) is 0.389. The molecule has 1 aliphatic rings. The summed E-state index contributed by atoms with van der Waals surface area (Å²) in [7, 11) is 1.42. The summed E-state index contributed by atoms with van der Waals surface area (Å²) in [5.41, 5.74) is 2.07. The van der Waals surface area contributed by atoms with Gasteiger partial charge in [0.25, 0.3) is 0 Å². The highest BCUT2D eigenvalue weighted by molar-refractivity contribution is 5.91. The van der Waals surface area contributed by atoms with Crippen molar-refractivity contribution in [2.45, 2.75) is 32.1 Å². The molecular weight excluding hydrogens is 281 g/mol. The van der Waals surface area contributed by atoms with Crippen LogP contribution in [0, 0.1) is 5.82 Å². The Morgan fingerprint density at radius 2 is 2.27 bits per heavy atom. The largest absolute Gasteiger partial charge is 0.494 e. The highest BCUT2D eigenvalue weighted by Crippen LogP contribution is 2.19. The highest BCUT2D eigenvalue weighted by atomic mass is 19.1. The summed E-state index contributed by atoms with van der Waals surface area (Å²) in [5, 5.41) is 2.85. The Bertz CT molecular complexity index is 578. The van der Waals surface area contributed by atoms with Crippen molar-refractivity contribution < 1.29 is 13.9 Å². The number of amides is 1. The summed E-state index contributed by atoms with van der Waals surface area (Å²) in [6.45, 7) is 0.645. The van der Waals surface area contributed by atoms with E-state index < -0.39 is 5.82 Å². The molecule has 1 amide bonds. The standard InChI is InChI=1S/C18H22FNO2/c1-22-17-9-7-15(13-16(17)19)8-10-18(21)20-12-11-14-5-3-2-4-6-14/h5,7-10,13H,2-4,6,11-12H2,1H3,(H,20,21)/b10-8+. The minimum Gasteiger partial charge on any atom is -0.494 e. The van der Waals surface area contributed by atoms with Crippen molar-refractivity contribution in [2.75, 3.05) is 13.7 Å². The van der Waals surface area contributed by atoms with Gasteiger partial charge in [0.1, 0.15) is 0 Å². The van der Waals surface area contributed by atoms with Gasteiger partial charge in [0.2, 0.25) is 5.91 Å². The van der Waals surface area contributed by atoms with Gasteiger partial charge in [-0.2, -0.15) is 0 Å². The Morgan fingerprint density at radius 3 is 2.95 bits per heavy atom. The lowest BCUT2D eigenvalue weighted by Crippen LogP contribution is -2.22. The van der Waals surface area contributed by atoms with Gasteiger partial charge < -0.3 is 10.1 Å². The molecule has 4 heteroatoms. The molecule has 0 saturated heterocycles. The number of ether oxygens (including phenoxy) is 1. The molecule has 0 heterocycles. The molecule has 1 aliphatic carbocycles. The molecule has 3 nitrogen and oxygen atoms in total. The van der Waals surface area contributed by atoms with Crippen molar-refractivity contribution in [3.05, 3.63) is 47.3 Å². The molecule has 1 N–H and O–H groups in total. The normalized spacial score (nSPS) is 14.7. The van der Waals surface area contributed by atoms with E-state index in [1.165, 1.54) is 37.7 Å². The van der Waals surface area contributed by atoms with Crippen molar-refractivity contribution in [3.63, 3.8) is 0 Å². The number of methoxy groups -OCH3 is 1. The van der Waals surface area contributed by atoms with Crippen LogP contribution in [0.3, 0.4) is 0 Å². The molecule has 0 atom stereocenters. The minimum atomic E-state index is -0.436. The van der Waals surface area contributed by atoms with E-state index >= 15 is 0 Å². The topological polar surface area (TPSA) is 38.3 Å². The molecule has 0 unspecified atom stereocenters. The maximum atomic E-state index is 13.5. The van der Waals surface area contributed by atoms with Crippen LogP contribution < -0.4 is 10.1 Å². The van der Waals surface area contributed by atoms with Crippen LogP contribution in [0.2, 0.25) is 0 Å². The van der Waals surface area contributed by atoms with Crippen LogP contribution in [-0.2, 0) is 4.79 Å². The fourth-order valence-electron chi connectivity index (χ4n) is 2.50. The van der Waals surface area contributed by atoms with Crippen LogP contribution in [0.4, 0.5) is 4.39 Å². The molecule has 22 heavy (non-hydrogen) atoms. The van der Waals surface area contributed by atoms with Gasteiger partial charge in [-0.15, -0.1) is 0 Å². The number of nitrogens with one attached hydrogen (secondary N) is 1. The van der Waals surface area contributed by atoms with Gasteiger partial charge in [0.15, 0.2) is 11.6 Å². The lowest BCUT2D eigenvalue weighted by atomic mass is 9.97. The number of allylic oxidation sites excluding steroid dienone is 1. The first-order valence-corrected chi connectivity index (χ1v) is 7.66. The molecule has 1 aromatic carbocycles. The van der Waals surface area contributed by atoms with E-state index in [0.29, 0.717) is 12.1 Å². The lowest BCUT2D eigenvalue weighted by Gasteiger charge is -2.12. The molecule has 0 spiro atoms. The molecule has 0 bridgehead atoms. The predicted octanol–water partition coefficient (Wildman–Crippen LogP) is 3.85. The van der Waals surface area contributed by atoms with Crippen LogP contribution in [0.5, 0.6) is 5.75 Å². The molecule has 118 valence electrons. The second-order valence-electron chi connectivity index (χ2n) is 5.38. The fourth-order valence-corrected chi connectivity index (χ4v) is 2.50. The predicted molar refractivity (Wildman–Crippen MR) is 86.2 cm³/mol. The van der Waals surface area contributed by atoms with Crippen LogP contribution in [-0.4, -0.2) is 19.6 Å². The first-order valence-electron chi connectivity index (χ1n) is 7.66. The van der Waals surface area contributed by atoms with Crippen LogP contribution in [0.25, 0.3) is 6.08 Å². The van der Waals surface area contributed by atoms with Crippen molar-refractivity contribution in [3.8, 4) is 5.75 Å². The van der Waals surface area contributed by atoms with Gasteiger partial charge >= 0.3 is 0 Å². The maximum absolute atomic E-state index is 13.5. The molecule has 0 radical (unpaired) electrons. The lowest BCUT2D eigenvalue weighted by molar-refractivity contribution is -0.116. The second-order valence-corrected chi connectivity index (χ2v) is 5.38. The zero-order valence-corrected chi connectivity index (χ0v) is 12.9. The molecular formula is C18H22FNO2. The summed E-state index contributed by atoms with van der Waals surface area (Å²) in [6.07, 6.45) is 11.1. The Labute approximate surface area is 130 Å². The third-order valence-corrected chi connectivity index (χ3v) is 3.73. The van der Waals surface area contributed by atoms with Crippen LogP contribution >= 0.6 is 0 Å². The molecule has 0 fully saturated rings. The highest BCUT2D eigenvalue weighted by Gasteiger charge is 2.04. The van der Waals surface area contributed by atoms with Crippen molar-refractivity contribution in [1.29, 1.82) is 0 Å². The van der Waals surface area contributed by atoms with Gasteiger partial charge in [-0.1, -0.05) is 17.7 Å². The maximum Gasteiger partial charge on any atom is 0.244 e. The van der Waals surface area contributed by atoms with E-state index in [0.717, 1.165) is 19.3 Å². The average Bonchev–Trinajstić information content (AvgIpc) is 2.54. The number of carbonyl (C=O) groups is 1. The van der Waals surface area contributed by atoms with Gasteiger partial charge in [-0.25, -0.2) is 4.39 Å². The third-order valence-electron chi connectivity index (χ3n) is 3.73. The Kier molecular flexibility index (Phi) is 6.19. The molecule has 0 aliphatic heterocycles. The Morgan fingerprint density at radius 1 is 1.41 bits per heavy atom. The van der Waals surface area contributed by atoms with Crippen molar-refractivity contribution in [2.24, 2.45) is 0 Å². The molecule has 0 saturated carbocycles. The van der Waals surface area contributed by atoms with Gasteiger partial charge in [-0.3, -0.25) is 4.79 Å². The number of halogens is 1. The minimum absolute atomic E-state index is 0.160.